The largest absolute Gasteiger partial charge is 0.391 e. The fourth-order valence-electron chi connectivity index (χ4n) is 1.88. The van der Waals surface area contributed by atoms with Crippen LogP contribution in [0.3, 0.4) is 0 Å². The van der Waals surface area contributed by atoms with Crippen LogP contribution in [0.15, 0.2) is 24.3 Å². The number of aliphatic hydroxyl groups excluding tert-OH is 1. The minimum atomic E-state index is -0.366. The summed E-state index contributed by atoms with van der Waals surface area (Å²) in [6, 6.07) is 7.35. The van der Waals surface area contributed by atoms with Gasteiger partial charge in [0.2, 0.25) is 5.91 Å². The molecule has 86 valence electrons. The van der Waals surface area contributed by atoms with E-state index >= 15 is 0 Å². The number of carbonyl (C=O) groups is 1. The van der Waals surface area contributed by atoms with Gasteiger partial charge in [0.25, 0.3) is 0 Å². The molecule has 0 aromatic heterocycles. The zero-order valence-electron chi connectivity index (χ0n) is 8.90. The molecule has 1 N–H and O–H groups in total. The Bertz CT molecular complexity index is 394. The van der Waals surface area contributed by atoms with Gasteiger partial charge in [-0.25, -0.2) is 0 Å². The van der Waals surface area contributed by atoms with Crippen molar-refractivity contribution in [3.05, 3.63) is 34.9 Å². The average Bonchev–Trinajstić information content (AvgIpc) is 2.68. The van der Waals surface area contributed by atoms with Crippen LogP contribution in [0.1, 0.15) is 12.0 Å². The first-order valence-electron chi connectivity index (χ1n) is 5.36. The SMILES string of the molecule is O=C(Cc1ccccc1Cl)N1CCC(O)C1. The second kappa shape index (κ2) is 4.85. The summed E-state index contributed by atoms with van der Waals surface area (Å²) in [7, 11) is 0. The molecule has 0 bridgehead atoms. The van der Waals surface area contributed by atoms with Gasteiger partial charge in [-0.05, 0) is 18.1 Å². The van der Waals surface area contributed by atoms with Crippen LogP contribution in [0.5, 0.6) is 0 Å². The van der Waals surface area contributed by atoms with Crippen molar-refractivity contribution in [1.29, 1.82) is 0 Å². The molecule has 1 amide bonds. The maximum absolute atomic E-state index is 11.9. The number of rotatable bonds is 2. The number of benzene rings is 1. The number of β-amino-alcohol motifs (C(OH)–C–C–N with tert-alkyl or cyclic N) is 1. The first-order valence-corrected chi connectivity index (χ1v) is 5.74. The fourth-order valence-corrected chi connectivity index (χ4v) is 2.09. The minimum Gasteiger partial charge on any atom is -0.391 e. The molecule has 1 atom stereocenters. The molecule has 1 aliphatic rings. The Labute approximate surface area is 99.6 Å². The number of aliphatic hydroxyl groups is 1. The van der Waals surface area contributed by atoms with Gasteiger partial charge >= 0.3 is 0 Å². The number of likely N-dealkylation sites (tertiary alicyclic amines) is 1. The highest BCUT2D eigenvalue weighted by atomic mass is 35.5. The van der Waals surface area contributed by atoms with Crippen molar-refractivity contribution >= 4 is 17.5 Å². The third-order valence-corrected chi connectivity index (χ3v) is 3.18. The minimum absolute atomic E-state index is 0.0321. The van der Waals surface area contributed by atoms with Crippen molar-refractivity contribution in [3.63, 3.8) is 0 Å². The Balaban J connectivity index is 2.00. The Hall–Kier alpha value is -1.06. The van der Waals surface area contributed by atoms with Crippen LogP contribution in [0, 0.1) is 0 Å². The number of hydrogen-bond acceptors (Lipinski definition) is 2. The smallest absolute Gasteiger partial charge is 0.227 e. The molecule has 1 fully saturated rings. The molecule has 2 rings (SSSR count). The monoisotopic (exact) mass is 239 g/mol. The van der Waals surface area contributed by atoms with E-state index < -0.39 is 0 Å². The third kappa shape index (κ3) is 2.54. The number of carbonyl (C=O) groups excluding carboxylic acids is 1. The van der Waals surface area contributed by atoms with E-state index in [1.54, 1.807) is 11.0 Å². The lowest BCUT2D eigenvalue weighted by molar-refractivity contribution is -0.129. The van der Waals surface area contributed by atoms with Gasteiger partial charge in [0, 0.05) is 18.1 Å². The molecule has 4 heteroatoms. The number of hydrogen-bond donors (Lipinski definition) is 1. The first-order chi connectivity index (χ1) is 7.66. The van der Waals surface area contributed by atoms with E-state index in [0.29, 0.717) is 31.0 Å². The molecule has 0 saturated carbocycles. The molecule has 16 heavy (non-hydrogen) atoms. The zero-order chi connectivity index (χ0) is 11.5. The van der Waals surface area contributed by atoms with Gasteiger partial charge in [0.15, 0.2) is 0 Å². The topological polar surface area (TPSA) is 40.5 Å². The van der Waals surface area contributed by atoms with Crippen molar-refractivity contribution in [2.45, 2.75) is 18.9 Å². The summed E-state index contributed by atoms with van der Waals surface area (Å²) in [4.78, 5) is 13.6. The molecule has 1 aromatic carbocycles. The third-order valence-electron chi connectivity index (χ3n) is 2.82. The van der Waals surface area contributed by atoms with Crippen LogP contribution in [-0.4, -0.2) is 35.1 Å². The van der Waals surface area contributed by atoms with E-state index in [4.69, 9.17) is 11.6 Å². The lowest BCUT2D eigenvalue weighted by atomic mass is 10.1. The Morgan fingerprint density at radius 2 is 2.25 bits per heavy atom. The second-order valence-electron chi connectivity index (χ2n) is 4.05. The van der Waals surface area contributed by atoms with E-state index in [1.165, 1.54) is 0 Å². The fraction of sp³-hybridized carbons (Fsp3) is 0.417. The van der Waals surface area contributed by atoms with Crippen molar-refractivity contribution in [1.82, 2.24) is 4.90 Å². The normalized spacial score (nSPS) is 20.1. The van der Waals surface area contributed by atoms with E-state index in [2.05, 4.69) is 0 Å². The standard InChI is InChI=1S/C12H14ClNO2/c13-11-4-2-1-3-9(11)7-12(16)14-6-5-10(15)8-14/h1-4,10,15H,5-8H2. The highest BCUT2D eigenvalue weighted by Crippen LogP contribution is 2.17. The van der Waals surface area contributed by atoms with Crippen molar-refractivity contribution in [2.24, 2.45) is 0 Å². The molecular weight excluding hydrogens is 226 g/mol. The van der Waals surface area contributed by atoms with Gasteiger partial charge in [-0.2, -0.15) is 0 Å². The highest BCUT2D eigenvalue weighted by molar-refractivity contribution is 6.31. The van der Waals surface area contributed by atoms with Crippen LogP contribution >= 0.6 is 11.6 Å². The molecule has 1 heterocycles. The second-order valence-corrected chi connectivity index (χ2v) is 4.46. The summed E-state index contributed by atoms with van der Waals surface area (Å²) in [5, 5.41) is 9.97. The van der Waals surface area contributed by atoms with Crippen molar-refractivity contribution < 1.29 is 9.90 Å². The number of nitrogens with zero attached hydrogens (tertiary/aromatic N) is 1. The van der Waals surface area contributed by atoms with Gasteiger partial charge < -0.3 is 10.0 Å². The summed E-state index contributed by atoms with van der Waals surface area (Å²) in [6.45, 7) is 1.09. The quantitative estimate of drug-likeness (QED) is 0.849. The van der Waals surface area contributed by atoms with E-state index in [1.807, 2.05) is 18.2 Å². The van der Waals surface area contributed by atoms with E-state index in [-0.39, 0.29) is 12.0 Å². The van der Waals surface area contributed by atoms with Gasteiger partial charge in [0.05, 0.1) is 12.5 Å². The van der Waals surface area contributed by atoms with Crippen molar-refractivity contribution in [2.75, 3.05) is 13.1 Å². The lowest BCUT2D eigenvalue weighted by Crippen LogP contribution is -2.30. The molecule has 1 aromatic rings. The molecule has 3 nitrogen and oxygen atoms in total. The molecule has 0 radical (unpaired) electrons. The molecular formula is C12H14ClNO2. The molecule has 1 unspecified atom stereocenters. The summed E-state index contributed by atoms with van der Waals surface area (Å²) in [6.07, 6.45) is 0.621. The lowest BCUT2D eigenvalue weighted by Gasteiger charge is -2.15. The number of amides is 1. The molecule has 1 saturated heterocycles. The predicted octanol–water partition coefficient (Wildman–Crippen LogP) is 1.48. The Morgan fingerprint density at radius 3 is 2.88 bits per heavy atom. The van der Waals surface area contributed by atoms with E-state index in [0.717, 1.165) is 5.56 Å². The zero-order valence-corrected chi connectivity index (χ0v) is 9.65. The summed E-state index contributed by atoms with van der Waals surface area (Å²) >= 11 is 5.98. The maximum Gasteiger partial charge on any atom is 0.227 e. The van der Waals surface area contributed by atoms with Crippen LogP contribution in [0.25, 0.3) is 0 Å². The van der Waals surface area contributed by atoms with Crippen LogP contribution in [0.2, 0.25) is 5.02 Å². The van der Waals surface area contributed by atoms with Gasteiger partial charge in [-0.3, -0.25) is 4.79 Å². The van der Waals surface area contributed by atoms with Crippen LogP contribution in [0.4, 0.5) is 0 Å². The van der Waals surface area contributed by atoms with Gasteiger partial charge in [-0.15, -0.1) is 0 Å². The predicted molar refractivity (Wildman–Crippen MR) is 62.4 cm³/mol. The Kier molecular flexibility index (Phi) is 3.46. The summed E-state index contributed by atoms with van der Waals surface area (Å²) in [5.41, 5.74) is 0.843. The van der Waals surface area contributed by atoms with Gasteiger partial charge in [0.1, 0.15) is 0 Å². The molecule has 0 spiro atoms. The summed E-state index contributed by atoms with van der Waals surface area (Å²) in [5.74, 6) is 0.0321. The highest BCUT2D eigenvalue weighted by Gasteiger charge is 2.24. The van der Waals surface area contributed by atoms with Crippen LogP contribution < -0.4 is 0 Å². The Morgan fingerprint density at radius 1 is 1.50 bits per heavy atom. The van der Waals surface area contributed by atoms with Crippen LogP contribution in [-0.2, 0) is 11.2 Å². The first kappa shape index (κ1) is 11.4. The van der Waals surface area contributed by atoms with Gasteiger partial charge in [-0.1, -0.05) is 29.8 Å². The summed E-state index contributed by atoms with van der Waals surface area (Å²) < 4.78 is 0. The average molecular weight is 240 g/mol. The van der Waals surface area contributed by atoms with Crippen molar-refractivity contribution in [3.8, 4) is 0 Å². The van der Waals surface area contributed by atoms with E-state index in [9.17, 15) is 9.90 Å². The number of halogens is 1. The molecule has 0 aliphatic carbocycles. The molecule has 1 aliphatic heterocycles. The maximum atomic E-state index is 11.9.